The molecule has 0 aliphatic carbocycles. The third-order valence-electron chi connectivity index (χ3n) is 6.11. The number of morpholine rings is 1. The second kappa shape index (κ2) is 9.75. The molecular weight excluding hydrogens is 458 g/mol. The van der Waals surface area contributed by atoms with Crippen LogP contribution in [0.25, 0.3) is 11.2 Å². The van der Waals surface area contributed by atoms with E-state index in [-0.39, 0.29) is 6.10 Å². The van der Waals surface area contributed by atoms with E-state index in [2.05, 4.69) is 49.2 Å². The molecule has 11 nitrogen and oxygen atoms in total. The van der Waals surface area contributed by atoms with Crippen LogP contribution < -0.4 is 15.0 Å². The first-order valence-electron chi connectivity index (χ1n) is 11.7. The SMILES string of the molecule is Cc1cc(C#N)ncc1Oc1cc(Nc2ccc(N3CCO[C@H](C(C)C)C3)nn2)c2ncn(C)c2n1. The number of ether oxygens (including phenoxy) is 2. The molecular formula is C25H27N9O2. The van der Waals surface area contributed by atoms with Crippen molar-refractivity contribution in [2.75, 3.05) is 29.9 Å². The average molecular weight is 486 g/mol. The second-order valence-electron chi connectivity index (χ2n) is 9.09. The Balaban J connectivity index is 1.39. The van der Waals surface area contributed by atoms with Gasteiger partial charge in [-0.15, -0.1) is 10.2 Å². The Kier molecular flexibility index (Phi) is 6.35. The maximum atomic E-state index is 9.07. The van der Waals surface area contributed by atoms with Gasteiger partial charge in [-0.1, -0.05) is 13.8 Å². The Labute approximate surface area is 208 Å². The highest BCUT2D eigenvalue weighted by molar-refractivity contribution is 5.88. The van der Waals surface area contributed by atoms with Gasteiger partial charge in [0.1, 0.15) is 17.3 Å². The van der Waals surface area contributed by atoms with Crippen LogP contribution in [0.5, 0.6) is 11.6 Å². The Bertz CT molecular complexity index is 1430. The molecule has 1 aliphatic rings. The van der Waals surface area contributed by atoms with Crippen LogP contribution in [0.4, 0.5) is 17.3 Å². The minimum absolute atomic E-state index is 0.181. The fourth-order valence-electron chi connectivity index (χ4n) is 4.03. The van der Waals surface area contributed by atoms with Gasteiger partial charge in [0.15, 0.2) is 23.0 Å². The van der Waals surface area contributed by atoms with Gasteiger partial charge in [-0.3, -0.25) is 0 Å². The van der Waals surface area contributed by atoms with Gasteiger partial charge < -0.3 is 24.3 Å². The summed E-state index contributed by atoms with van der Waals surface area (Å²) in [5.41, 5.74) is 3.12. The van der Waals surface area contributed by atoms with Gasteiger partial charge >= 0.3 is 0 Å². The third-order valence-corrected chi connectivity index (χ3v) is 6.11. The van der Waals surface area contributed by atoms with Crippen LogP contribution >= 0.6 is 0 Å². The van der Waals surface area contributed by atoms with Gasteiger partial charge in [0.2, 0.25) is 5.88 Å². The van der Waals surface area contributed by atoms with Crippen molar-refractivity contribution >= 4 is 28.5 Å². The molecule has 1 N–H and O–H groups in total. The summed E-state index contributed by atoms with van der Waals surface area (Å²) in [6.07, 6.45) is 3.40. The molecule has 5 heterocycles. The summed E-state index contributed by atoms with van der Waals surface area (Å²) >= 11 is 0. The van der Waals surface area contributed by atoms with Crippen LogP contribution in [0.15, 0.2) is 36.8 Å². The maximum Gasteiger partial charge on any atom is 0.223 e. The molecule has 1 aliphatic heterocycles. The van der Waals surface area contributed by atoms with Crippen molar-refractivity contribution in [1.29, 1.82) is 5.26 Å². The van der Waals surface area contributed by atoms with Gasteiger partial charge in [0.25, 0.3) is 0 Å². The van der Waals surface area contributed by atoms with E-state index in [1.165, 1.54) is 6.20 Å². The number of anilines is 3. The van der Waals surface area contributed by atoms with Crippen LogP contribution in [0, 0.1) is 24.2 Å². The Morgan fingerprint density at radius 1 is 1.22 bits per heavy atom. The van der Waals surface area contributed by atoms with Crippen molar-refractivity contribution in [3.05, 3.63) is 48.0 Å². The largest absolute Gasteiger partial charge is 0.437 e. The normalized spacial score (nSPS) is 15.8. The highest BCUT2D eigenvalue weighted by Gasteiger charge is 2.24. The molecule has 36 heavy (non-hydrogen) atoms. The Hall–Kier alpha value is -4.30. The predicted molar refractivity (Wildman–Crippen MR) is 134 cm³/mol. The van der Waals surface area contributed by atoms with Crippen LogP contribution in [0.1, 0.15) is 25.1 Å². The van der Waals surface area contributed by atoms with E-state index in [0.717, 1.165) is 24.5 Å². The number of fused-ring (bicyclic) bond motifs is 1. The summed E-state index contributed by atoms with van der Waals surface area (Å²) in [4.78, 5) is 15.4. The van der Waals surface area contributed by atoms with Crippen molar-refractivity contribution < 1.29 is 9.47 Å². The number of imidazole rings is 1. The van der Waals surface area contributed by atoms with Crippen molar-refractivity contribution in [3.8, 4) is 17.7 Å². The average Bonchev–Trinajstić information content (AvgIpc) is 3.26. The molecule has 184 valence electrons. The molecule has 0 aromatic carbocycles. The molecule has 1 saturated heterocycles. The minimum atomic E-state index is 0.181. The molecule has 0 radical (unpaired) electrons. The van der Waals surface area contributed by atoms with Crippen LogP contribution in [-0.4, -0.2) is 55.5 Å². The third kappa shape index (κ3) is 4.76. The zero-order valence-electron chi connectivity index (χ0n) is 20.6. The van der Waals surface area contributed by atoms with E-state index in [1.807, 2.05) is 36.7 Å². The lowest BCUT2D eigenvalue weighted by molar-refractivity contribution is 0.0111. The number of aryl methyl sites for hydroxylation is 2. The molecule has 5 rings (SSSR count). The summed E-state index contributed by atoms with van der Waals surface area (Å²) in [5.74, 6) is 2.71. The smallest absolute Gasteiger partial charge is 0.223 e. The first-order chi connectivity index (χ1) is 17.4. The second-order valence-corrected chi connectivity index (χ2v) is 9.09. The van der Waals surface area contributed by atoms with Gasteiger partial charge in [-0.05, 0) is 36.6 Å². The summed E-state index contributed by atoms with van der Waals surface area (Å²) in [5, 5.41) is 21.2. The van der Waals surface area contributed by atoms with E-state index < -0.39 is 0 Å². The molecule has 1 atom stereocenters. The maximum absolute atomic E-state index is 9.07. The monoisotopic (exact) mass is 485 g/mol. The van der Waals surface area contributed by atoms with Crippen molar-refractivity contribution in [2.24, 2.45) is 13.0 Å². The van der Waals surface area contributed by atoms with E-state index >= 15 is 0 Å². The number of nitrogens with zero attached hydrogens (tertiary/aromatic N) is 8. The van der Waals surface area contributed by atoms with E-state index in [1.54, 1.807) is 18.5 Å². The first kappa shape index (κ1) is 23.4. The number of aromatic nitrogens is 6. The number of rotatable bonds is 6. The minimum Gasteiger partial charge on any atom is -0.437 e. The molecule has 4 aromatic rings. The number of hydrogen-bond donors (Lipinski definition) is 1. The highest BCUT2D eigenvalue weighted by Crippen LogP contribution is 2.31. The van der Waals surface area contributed by atoms with Crippen molar-refractivity contribution in [1.82, 2.24) is 29.7 Å². The van der Waals surface area contributed by atoms with Crippen molar-refractivity contribution in [2.45, 2.75) is 26.9 Å². The van der Waals surface area contributed by atoms with Gasteiger partial charge in [-0.25, -0.2) is 9.97 Å². The first-order valence-corrected chi connectivity index (χ1v) is 11.7. The predicted octanol–water partition coefficient (Wildman–Crippen LogP) is 3.73. The standard InChI is InChI=1S/C25H27N9O2/c1-15(2)20-13-34(7-8-35-20)22-6-5-21(31-32-22)29-18-10-23(30-25-24(18)28-14-33(25)4)36-19-12-27-17(11-26)9-16(19)3/h5-6,9-10,12,14-15,20H,7-8,13H2,1-4H3,(H,29,30,31)/t20-/m0/s1. The molecule has 0 amide bonds. The number of pyridine rings is 2. The molecule has 1 fully saturated rings. The zero-order valence-corrected chi connectivity index (χ0v) is 20.6. The van der Waals surface area contributed by atoms with Crippen LogP contribution in [-0.2, 0) is 11.8 Å². The highest BCUT2D eigenvalue weighted by atomic mass is 16.5. The summed E-state index contributed by atoms with van der Waals surface area (Å²) in [6, 6.07) is 9.32. The van der Waals surface area contributed by atoms with Gasteiger partial charge in [-0.2, -0.15) is 10.2 Å². The van der Waals surface area contributed by atoms with E-state index in [4.69, 9.17) is 14.7 Å². The fraction of sp³-hybridized carbons (Fsp3) is 0.360. The molecule has 0 unspecified atom stereocenters. The van der Waals surface area contributed by atoms with E-state index in [0.29, 0.717) is 52.5 Å². The molecule has 0 saturated carbocycles. The summed E-state index contributed by atoms with van der Waals surface area (Å²) < 4.78 is 13.7. The molecule has 0 spiro atoms. The van der Waals surface area contributed by atoms with E-state index in [9.17, 15) is 0 Å². The number of nitrogens with one attached hydrogen (secondary N) is 1. The Morgan fingerprint density at radius 2 is 2.08 bits per heavy atom. The fourth-order valence-corrected chi connectivity index (χ4v) is 4.03. The zero-order chi connectivity index (χ0) is 25.2. The number of hydrogen-bond acceptors (Lipinski definition) is 10. The Morgan fingerprint density at radius 3 is 2.81 bits per heavy atom. The lowest BCUT2D eigenvalue weighted by Crippen LogP contribution is -2.45. The lowest BCUT2D eigenvalue weighted by atomic mass is 10.1. The molecule has 0 bridgehead atoms. The van der Waals surface area contributed by atoms with Crippen LogP contribution in [0.2, 0.25) is 0 Å². The number of nitriles is 1. The summed E-state index contributed by atoms with van der Waals surface area (Å²) in [6.45, 7) is 8.44. The van der Waals surface area contributed by atoms with Gasteiger partial charge in [0, 0.05) is 26.2 Å². The molecule has 4 aromatic heterocycles. The topological polar surface area (TPSA) is 127 Å². The summed E-state index contributed by atoms with van der Waals surface area (Å²) in [7, 11) is 1.87. The lowest BCUT2D eigenvalue weighted by Gasteiger charge is -2.35. The van der Waals surface area contributed by atoms with Crippen LogP contribution in [0.3, 0.4) is 0 Å². The van der Waals surface area contributed by atoms with Gasteiger partial charge in [0.05, 0.1) is 30.9 Å². The molecule has 11 heteroatoms. The quantitative estimate of drug-likeness (QED) is 0.431. The van der Waals surface area contributed by atoms with Crippen molar-refractivity contribution in [3.63, 3.8) is 0 Å².